The Morgan fingerprint density at radius 1 is 0.650 bits per heavy atom. The molecule has 0 aliphatic heterocycles. The molecule has 0 fully saturated rings. The number of hydroxylamine groups is 1. The number of rotatable bonds is 16. The average molecular weight is 282 g/mol. The van der Waals surface area contributed by atoms with Crippen molar-refractivity contribution in [2.45, 2.75) is 96.8 Å². The number of hydrogen-bond donors (Lipinski definition) is 1. The lowest BCUT2D eigenvalue weighted by molar-refractivity contribution is 0.588. The zero-order chi connectivity index (χ0) is 14.7. The normalized spacial score (nSPS) is 11.5. The Labute approximate surface area is 127 Å². The standard InChI is InChI=1S/C18H36NO/c1-2-3-4-5-6-7-8-9-10-11-12-13-14-15-16-17-18-19-20/h9-10,19H,2-8,11-18H2,1H3/q-1/b10-9-. The first-order valence-electron chi connectivity index (χ1n) is 8.91. The zero-order valence-electron chi connectivity index (χ0n) is 13.7. The van der Waals surface area contributed by atoms with Gasteiger partial charge in [-0.15, -0.1) is 0 Å². The lowest BCUT2D eigenvalue weighted by atomic mass is 10.1. The van der Waals surface area contributed by atoms with E-state index < -0.39 is 0 Å². The van der Waals surface area contributed by atoms with Gasteiger partial charge in [-0.1, -0.05) is 76.9 Å². The van der Waals surface area contributed by atoms with Gasteiger partial charge in [-0.2, -0.15) is 0 Å². The molecule has 2 nitrogen and oxygen atoms in total. The van der Waals surface area contributed by atoms with Gasteiger partial charge in [0.15, 0.2) is 0 Å². The summed E-state index contributed by atoms with van der Waals surface area (Å²) in [5.74, 6) is 0. The minimum absolute atomic E-state index is 0.626. The highest BCUT2D eigenvalue weighted by atomic mass is 16.5. The van der Waals surface area contributed by atoms with Gasteiger partial charge in [0, 0.05) is 0 Å². The minimum Gasteiger partial charge on any atom is -0.788 e. The van der Waals surface area contributed by atoms with E-state index in [0.29, 0.717) is 6.54 Å². The molecule has 0 rings (SSSR count). The molecular formula is C18H36NO-. The monoisotopic (exact) mass is 282 g/mol. The molecule has 0 aliphatic carbocycles. The smallest absolute Gasteiger partial charge is 0.0170 e. The molecule has 0 spiro atoms. The molecule has 0 amide bonds. The van der Waals surface area contributed by atoms with Crippen LogP contribution in [-0.4, -0.2) is 6.54 Å². The van der Waals surface area contributed by atoms with Crippen molar-refractivity contribution in [3.05, 3.63) is 17.4 Å². The van der Waals surface area contributed by atoms with Gasteiger partial charge in [0.1, 0.15) is 0 Å². The highest BCUT2D eigenvalue weighted by Gasteiger charge is 1.90. The van der Waals surface area contributed by atoms with Crippen LogP contribution in [0.4, 0.5) is 0 Å². The minimum atomic E-state index is 0.626. The molecule has 20 heavy (non-hydrogen) atoms. The second kappa shape index (κ2) is 18.7. The van der Waals surface area contributed by atoms with Crippen molar-refractivity contribution in [3.63, 3.8) is 0 Å². The Kier molecular flexibility index (Phi) is 18.3. The SMILES string of the molecule is CCCCCCCC/C=C\CCCCCCCCN[O-]. The van der Waals surface area contributed by atoms with Crippen LogP contribution in [0, 0.1) is 5.21 Å². The third-order valence-corrected chi connectivity index (χ3v) is 3.79. The number of hydrogen-bond acceptors (Lipinski definition) is 2. The van der Waals surface area contributed by atoms with Crippen LogP contribution in [0.25, 0.3) is 0 Å². The highest BCUT2D eigenvalue weighted by Crippen LogP contribution is 2.09. The van der Waals surface area contributed by atoms with Crippen molar-refractivity contribution in [2.24, 2.45) is 0 Å². The molecule has 0 heterocycles. The quantitative estimate of drug-likeness (QED) is 0.210. The first kappa shape index (κ1) is 19.7. The predicted molar refractivity (Wildman–Crippen MR) is 90.8 cm³/mol. The van der Waals surface area contributed by atoms with Gasteiger partial charge in [0.05, 0.1) is 0 Å². The zero-order valence-corrected chi connectivity index (χ0v) is 13.7. The first-order valence-corrected chi connectivity index (χ1v) is 8.91. The summed E-state index contributed by atoms with van der Waals surface area (Å²) in [7, 11) is 0. The second-order valence-electron chi connectivity index (χ2n) is 5.83. The molecular weight excluding hydrogens is 246 g/mol. The Bertz CT molecular complexity index is 192. The fourth-order valence-electron chi connectivity index (χ4n) is 2.44. The maximum atomic E-state index is 10.0. The van der Waals surface area contributed by atoms with Gasteiger partial charge in [-0.3, -0.25) is 0 Å². The van der Waals surface area contributed by atoms with Crippen molar-refractivity contribution in [2.75, 3.05) is 6.54 Å². The molecule has 0 bridgehead atoms. The molecule has 2 heteroatoms. The lowest BCUT2D eigenvalue weighted by Gasteiger charge is -2.05. The van der Waals surface area contributed by atoms with E-state index in [0.717, 1.165) is 6.42 Å². The fourth-order valence-corrected chi connectivity index (χ4v) is 2.44. The van der Waals surface area contributed by atoms with Crippen LogP contribution in [0.3, 0.4) is 0 Å². The topological polar surface area (TPSA) is 35.1 Å². The van der Waals surface area contributed by atoms with Crippen molar-refractivity contribution in [3.8, 4) is 0 Å². The van der Waals surface area contributed by atoms with Crippen molar-refractivity contribution in [1.29, 1.82) is 0 Å². The molecule has 0 aromatic rings. The third kappa shape index (κ3) is 17.7. The maximum absolute atomic E-state index is 10.0. The molecule has 0 aromatic heterocycles. The van der Waals surface area contributed by atoms with E-state index in [2.05, 4.69) is 19.1 Å². The van der Waals surface area contributed by atoms with Gasteiger partial charge in [0.2, 0.25) is 0 Å². The summed E-state index contributed by atoms with van der Waals surface area (Å²) in [6.45, 7) is 2.90. The number of nitrogens with one attached hydrogen (secondary N) is 1. The fraction of sp³-hybridized carbons (Fsp3) is 0.889. The van der Waals surface area contributed by atoms with Crippen LogP contribution >= 0.6 is 0 Å². The molecule has 0 radical (unpaired) electrons. The van der Waals surface area contributed by atoms with Crippen LogP contribution in [-0.2, 0) is 0 Å². The summed E-state index contributed by atoms with van der Waals surface area (Å²) in [4.78, 5) is 0. The average Bonchev–Trinajstić information content (AvgIpc) is 2.47. The Morgan fingerprint density at radius 2 is 1.10 bits per heavy atom. The van der Waals surface area contributed by atoms with Gasteiger partial charge >= 0.3 is 0 Å². The third-order valence-electron chi connectivity index (χ3n) is 3.79. The van der Waals surface area contributed by atoms with Gasteiger partial charge in [-0.05, 0) is 38.6 Å². The number of allylic oxidation sites excluding steroid dienone is 2. The predicted octanol–water partition coefficient (Wildman–Crippen LogP) is 6.11. The molecule has 0 saturated carbocycles. The summed E-state index contributed by atoms with van der Waals surface area (Å²) >= 11 is 0. The van der Waals surface area contributed by atoms with Crippen molar-refractivity contribution >= 4 is 0 Å². The van der Waals surface area contributed by atoms with Gasteiger partial charge in [-0.25, -0.2) is 0 Å². The molecule has 0 aliphatic rings. The largest absolute Gasteiger partial charge is 0.788 e. The van der Waals surface area contributed by atoms with E-state index in [1.54, 1.807) is 0 Å². The molecule has 0 aromatic carbocycles. The Hall–Kier alpha value is -0.340. The summed E-state index contributed by atoms with van der Waals surface area (Å²) in [6, 6.07) is 0. The van der Waals surface area contributed by atoms with Gasteiger partial charge in [0.25, 0.3) is 0 Å². The Balaban J connectivity index is 3.01. The lowest BCUT2D eigenvalue weighted by Crippen LogP contribution is -2.04. The second-order valence-corrected chi connectivity index (χ2v) is 5.83. The summed E-state index contributed by atoms with van der Waals surface area (Å²) in [6.07, 6.45) is 23.1. The van der Waals surface area contributed by atoms with E-state index in [1.165, 1.54) is 83.5 Å². The maximum Gasteiger partial charge on any atom is -0.0170 e. The van der Waals surface area contributed by atoms with Crippen molar-refractivity contribution < 1.29 is 0 Å². The molecule has 0 saturated heterocycles. The number of unbranched alkanes of at least 4 members (excludes halogenated alkanes) is 12. The van der Waals surface area contributed by atoms with Crippen molar-refractivity contribution in [1.82, 2.24) is 5.48 Å². The van der Waals surface area contributed by atoms with Crippen LogP contribution in [0.5, 0.6) is 0 Å². The molecule has 0 atom stereocenters. The van der Waals surface area contributed by atoms with E-state index in [1.807, 2.05) is 5.48 Å². The van der Waals surface area contributed by atoms with E-state index in [4.69, 9.17) is 0 Å². The van der Waals surface area contributed by atoms with E-state index in [9.17, 15) is 5.21 Å². The molecule has 0 unspecified atom stereocenters. The summed E-state index contributed by atoms with van der Waals surface area (Å²) in [5, 5.41) is 10.0. The summed E-state index contributed by atoms with van der Waals surface area (Å²) in [5.41, 5.74) is 1.96. The van der Waals surface area contributed by atoms with Gasteiger partial charge < -0.3 is 10.7 Å². The van der Waals surface area contributed by atoms with E-state index >= 15 is 0 Å². The van der Waals surface area contributed by atoms with E-state index in [-0.39, 0.29) is 0 Å². The highest BCUT2D eigenvalue weighted by molar-refractivity contribution is 4.81. The molecule has 120 valence electrons. The Morgan fingerprint density at radius 3 is 1.60 bits per heavy atom. The van der Waals surface area contributed by atoms with Crippen LogP contribution in [0.2, 0.25) is 0 Å². The van der Waals surface area contributed by atoms with Crippen LogP contribution in [0.15, 0.2) is 12.2 Å². The summed E-state index contributed by atoms with van der Waals surface area (Å²) < 4.78 is 0. The van der Waals surface area contributed by atoms with Crippen LogP contribution in [0.1, 0.15) is 96.8 Å². The molecule has 1 N–H and O–H groups in total. The first-order chi connectivity index (χ1) is 9.91. The van der Waals surface area contributed by atoms with Crippen LogP contribution < -0.4 is 5.48 Å².